The van der Waals surface area contributed by atoms with Gasteiger partial charge in [0.05, 0.1) is 5.60 Å². The van der Waals surface area contributed by atoms with E-state index >= 15 is 0 Å². The minimum Gasteiger partial charge on any atom is -0.374 e. The fourth-order valence-electron chi connectivity index (χ4n) is 2.01. The average Bonchev–Trinajstić information content (AvgIpc) is 2.70. The number of nitrogens with one attached hydrogen (secondary N) is 1. The van der Waals surface area contributed by atoms with Gasteiger partial charge >= 0.3 is 0 Å². The first-order valence-electron chi connectivity index (χ1n) is 6.60. The lowest BCUT2D eigenvalue weighted by molar-refractivity contribution is -0.0378. The SMILES string of the molecule is CCCNC(Cc1sccc1Br)C(C)(C)OCC. The van der Waals surface area contributed by atoms with Crippen LogP contribution >= 0.6 is 27.3 Å². The van der Waals surface area contributed by atoms with Crippen molar-refractivity contribution >= 4 is 27.3 Å². The third kappa shape index (κ3) is 4.65. The lowest BCUT2D eigenvalue weighted by Gasteiger charge is -2.35. The molecule has 0 saturated heterocycles. The Hall–Kier alpha value is 0.1000. The summed E-state index contributed by atoms with van der Waals surface area (Å²) in [5.41, 5.74) is -0.145. The monoisotopic (exact) mass is 333 g/mol. The first-order valence-corrected chi connectivity index (χ1v) is 8.27. The molecular formula is C14H24BrNOS. The van der Waals surface area contributed by atoms with Crippen molar-refractivity contribution in [3.05, 3.63) is 20.8 Å². The van der Waals surface area contributed by atoms with Crippen molar-refractivity contribution in [2.24, 2.45) is 0 Å². The summed E-state index contributed by atoms with van der Waals surface area (Å²) < 4.78 is 7.12. The van der Waals surface area contributed by atoms with E-state index < -0.39 is 0 Å². The van der Waals surface area contributed by atoms with Gasteiger partial charge in [0, 0.05) is 28.4 Å². The molecule has 0 saturated carbocycles. The zero-order valence-electron chi connectivity index (χ0n) is 11.8. The van der Waals surface area contributed by atoms with E-state index in [1.165, 1.54) is 9.35 Å². The number of halogens is 1. The van der Waals surface area contributed by atoms with Crippen LogP contribution < -0.4 is 5.32 Å². The predicted octanol–water partition coefficient (Wildman–Crippen LogP) is 4.24. The molecule has 0 aliphatic heterocycles. The summed E-state index contributed by atoms with van der Waals surface area (Å²) in [5, 5.41) is 5.75. The van der Waals surface area contributed by atoms with Crippen LogP contribution in [0.15, 0.2) is 15.9 Å². The molecular weight excluding hydrogens is 310 g/mol. The van der Waals surface area contributed by atoms with Gasteiger partial charge in [-0.3, -0.25) is 0 Å². The van der Waals surface area contributed by atoms with Crippen molar-refractivity contribution in [3.63, 3.8) is 0 Å². The summed E-state index contributed by atoms with van der Waals surface area (Å²) in [6.45, 7) is 10.4. The Morgan fingerprint density at radius 2 is 2.17 bits per heavy atom. The van der Waals surface area contributed by atoms with E-state index in [9.17, 15) is 0 Å². The Bertz CT molecular complexity index is 351. The zero-order valence-corrected chi connectivity index (χ0v) is 14.2. The fraction of sp³-hybridized carbons (Fsp3) is 0.714. The maximum atomic E-state index is 5.90. The molecule has 0 fully saturated rings. The molecule has 1 heterocycles. The Labute approximate surface area is 123 Å². The molecule has 1 aromatic heterocycles. The number of rotatable bonds is 8. The van der Waals surface area contributed by atoms with E-state index in [0.717, 1.165) is 26.0 Å². The normalized spacial score (nSPS) is 13.8. The standard InChI is InChI=1S/C14H24BrNOS/c1-5-8-16-13(14(3,4)17-6-2)10-12-11(15)7-9-18-12/h7,9,13,16H,5-6,8,10H2,1-4H3. The Morgan fingerprint density at radius 3 is 2.67 bits per heavy atom. The van der Waals surface area contributed by atoms with Crippen LogP contribution in [-0.2, 0) is 11.2 Å². The molecule has 1 aromatic rings. The molecule has 2 nitrogen and oxygen atoms in total. The molecule has 1 N–H and O–H groups in total. The largest absolute Gasteiger partial charge is 0.374 e. The van der Waals surface area contributed by atoms with E-state index in [4.69, 9.17) is 4.74 Å². The second-order valence-corrected chi connectivity index (χ2v) is 6.79. The maximum Gasteiger partial charge on any atom is 0.0782 e. The van der Waals surface area contributed by atoms with Crippen LogP contribution in [-0.4, -0.2) is 24.8 Å². The van der Waals surface area contributed by atoms with Crippen LogP contribution in [0.3, 0.4) is 0 Å². The molecule has 1 rings (SSSR count). The summed E-state index contributed by atoms with van der Waals surface area (Å²) in [6, 6.07) is 2.46. The minimum atomic E-state index is -0.145. The molecule has 1 atom stereocenters. The molecule has 0 amide bonds. The second-order valence-electron chi connectivity index (χ2n) is 4.94. The summed E-state index contributed by atoms with van der Waals surface area (Å²) in [6.07, 6.45) is 2.15. The first kappa shape index (κ1) is 16.2. The molecule has 18 heavy (non-hydrogen) atoms. The van der Waals surface area contributed by atoms with Crippen LogP contribution in [0.1, 0.15) is 39.0 Å². The smallest absolute Gasteiger partial charge is 0.0782 e. The van der Waals surface area contributed by atoms with Crippen molar-refractivity contribution in [1.29, 1.82) is 0 Å². The van der Waals surface area contributed by atoms with Gasteiger partial charge in [-0.2, -0.15) is 0 Å². The molecule has 0 aliphatic rings. The van der Waals surface area contributed by atoms with Crippen molar-refractivity contribution in [3.8, 4) is 0 Å². The highest BCUT2D eigenvalue weighted by Crippen LogP contribution is 2.27. The van der Waals surface area contributed by atoms with Crippen LogP contribution in [0.4, 0.5) is 0 Å². The third-order valence-corrected chi connectivity index (χ3v) is 5.03. The third-order valence-electron chi connectivity index (χ3n) is 3.08. The highest BCUT2D eigenvalue weighted by atomic mass is 79.9. The maximum absolute atomic E-state index is 5.90. The van der Waals surface area contributed by atoms with E-state index in [2.05, 4.69) is 60.4 Å². The van der Waals surface area contributed by atoms with Crippen LogP contribution in [0, 0.1) is 0 Å². The van der Waals surface area contributed by atoms with Crippen LogP contribution in [0.25, 0.3) is 0 Å². The minimum absolute atomic E-state index is 0.145. The van der Waals surface area contributed by atoms with Crippen molar-refractivity contribution in [2.75, 3.05) is 13.2 Å². The highest BCUT2D eigenvalue weighted by Gasteiger charge is 2.30. The molecule has 0 radical (unpaired) electrons. The van der Waals surface area contributed by atoms with E-state index in [1.807, 2.05) is 0 Å². The van der Waals surface area contributed by atoms with Crippen LogP contribution in [0.5, 0.6) is 0 Å². The van der Waals surface area contributed by atoms with Gasteiger partial charge in [-0.1, -0.05) is 6.92 Å². The molecule has 0 aromatic carbocycles. The van der Waals surface area contributed by atoms with Crippen molar-refractivity contribution < 1.29 is 4.74 Å². The lowest BCUT2D eigenvalue weighted by atomic mass is 9.94. The van der Waals surface area contributed by atoms with Gasteiger partial charge in [0.1, 0.15) is 0 Å². The van der Waals surface area contributed by atoms with Crippen LogP contribution in [0.2, 0.25) is 0 Å². The molecule has 1 unspecified atom stereocenters. The van der Waals surface area contributed by atoms with Gasteiger partial charge in [0.25, 0.3) is 0 Å². The lowest BCUT2D eigenvalue weighted by Crippen LogP contribution is -2.50. The quantitative estimate of drug-likeness (QED) is 0.768. The second kappa shape index (κ2) is 7.63. The van der Waals surface area contributed by atoms with Gasteiger partial charge < -0.3 is 10.1 Å². The fourth-order valence-corrected chi connectivity index (χ4v) is 3.57. The van der Waals surface area contributed by atoms with Crippen molar-refractivity contribution in [2.45, 2.75) is 52.2 Å². The number of hydrogen-bond acceptors (Lipinski definition) is 3. The van der Waals surface area contributed by atoms with Gasteiger partial charge in [-0.15, -0.1) is 11.3 Å². The average molecular weight is 334 g/mol. The number of thiophene rings is 1. The molecule has 0 aliphatic carbocycles. The topological polar surface area (TPSA) is 21.3 Å². The van der Waals surface area contributed by atoms with Crippen molar-refractivity contribution in [1.82, 2.24) is 5.32 Å². The Balaban J connectivity index is 2.75. The van der Waals surface area contributed by atoms with E-state index in [0.29, 0.717) is 6.04 Å². The summed E-state index contributed by atoms with van der Waals surface area (Å²) >= 11 is 5.41. The van der Waals surface area contributed by atoms with Gasteiger partial charge in [0.15, 0.2) is 0 Å². The van der Waals surface area contributed by atoms with Gasteiger partial charge in [0.2, 0.25) is 0 Å². The number of ether oxygens (including phenoxy) is 1. The summed E-state index contributed by atoms with van der Waals surface area (Å²) in [7, 11) is 0. The van der Waals surface area contributed by atoms with E-state index in [-0.39, 0.29) is 5.60 Å². The predicted molar refractivity (Wildman–Crippen MR) is 83.5 cm³/mol. The molecule has 4 heteroatoms. The van der Waals surface area contributed by atoms with Gasteiger partial charge in [-0.25, -0.2) is 0 Å². The summed E-state index contributed by atoms with van der Waals surface area (Å²) in [5.74, 6) is 0. The molecule has 0 bridgehead atoms. The number of hydrogen-bond donors (Lipinski definition) is 1. The molecule has 104 valence electrons. The van der Waals surface area contributed by atoms with Gasteiger partial charge in [-0.05, 0) is 61.1 Å². The first-order chi connectivity index (χ1) is 8.51. The highest BCUT2D eigenvalue weighted by molar-refractivity contribution is 9.10. The zero-order chi connectivity index (χ0) is 13.6. The van der Waals surface area contributed by atoms with E-state index in [1.54, 1.807) is 11.3 Å². The molecule has 0 spiro atoms. The summed E-state index contributed by atoms with van der Waals surface area (Å²) in [4.78, 5) is 1.39. The Morgan fingerprint density at radius 1 is 1.44 bits per heavy atom. The Kier molecular flexibility index (Phi) is 6.85.